The minimum atomic E-state index is -0.729. The van der Waals surface area contributed by atoms with Crippen molar-refractivity contribution < 1.29 is 9.59 Å². The van der Waals surface area contributed by atoms with E-state index in [1.54, 1.807) is 25.5 Å². The first-order valence-electron chi connectivity index (χ1n) is 11.7. The Bertz CT molecular complexity index is 1320. The van der Waals surface area contributed by atoms with E-state index >= 15 is 0 Å². The van der Waals surface area contributed by atoms with Crippen LogP contribution in [0.4, 0.5) is 0 Å². The molecule has 6 nitrogen and oxygen atoms in total. The number of nitrogens with one attached hydrogen (secondary N) is 1. The Morgan fingerprint density at radius 1 is 1.11 bits per heavy atom. The van der Waals surface area contributed by atoms with Gasteiger partial charge in [0.2, 0.25) is 0 Å². The molecular formula is C29H30N4O2. The van der Waals surface area contributed by atoms with Gasteiger partial charge in [-0.25, -0.2) is 9.97 Å². The second kappa shape index (κ2) is 9.37. The summed E-state index contributed by atoms with van der Waals surface area (Å²) in [5.41, 5.74) is 5.13. The number of Topliss-reactive ketones (excluding diaryl/α,β-unsaturated/α-hetero) is 1. The summed E-state index contributed by atoms with van der Waals surface area (Å²) in [5, 5.41) is 2.99. The van der Waals surface area contributed by atoms with E-state index in [4.69, 9.17) is 0 Å². The van der Waals surface area contributed by atoms with Crippen LogP contribution in [0.2, 0.25) is 0 Å². The normalized spacial score (nSPS) is 15.7. The van der Waals surface area contributed by atoms with Crippen LogP contribution in [0.25, 0.3) is 16.7 Å². The van der Waals surface area contributed by atoms with Crippen LogP contribution in [-0.2, 0) is 15.0 Å². The Morgan fingerprint density at radius 3 is 2.43 bits per heavy atom. The van der Waals surface area contributed by atoms with Crippen LogP contribution in [0.1, 0.15) is 50.6 Å². The molecule has 2 heterocycles. The van der Waals surface area contributed by atoms with Crippen molar-refractivity contribution in [3.63, 3.8) is 0 Å². The summed E-state index contributed by atoms with van der Waals surface area (Å²) in [6.45, 7) is 15.7. The molecule has 1 aliphatic carbocycles. The molecule has 0 radical (unpaired) electrons. The lowest BCUT2D eigenvalue weighted by molar-refractivity contribution is -0.121. The Hall–Kier alpha value is -3.93. The molecule has 1 amide bonds. The fraction of sp³-hybridized carbons (Fsp3) is 0.276. The molecule has 1 N–H and O–H groups in total. The number of aryl methyl sites for hydroxylation is 1. The standard InChI is InChI=1S/C29H30N4O2/c1-17-11-22(13-30-16-26(17)28(35)33-24-8-9-24)18(2)25-12-21(23-14-31-20(4)32-15-23)7-10-27(25)29(5,6)19(3)34/h7,10-16,24H,1-2,8-9H2,3-6H3,(H,33,35). The second-order valence-electron chi connectivity index (χ2n) is 9.63. The molecule has 0 atom stereocenters. The van der Waals surface area contributed by atoms with Crippen molar-refractivity contribution in [3.05, 3.63) is 89.7 Å². The summed E-state index contributed by atoms with van der Waals surface area (Å²) < 4.78 is 0. The third-order valence-electron chi connectivity index (χ3n) is 6.61. The van der Waals surface area contributed by atoms with Gasteiger partial charge in [0.15, 0.2) is 0 Å². The highest BCUT2D eigenvalue weighted by atomic mass is 16.2. The summed E-state index contributed by atoms with van der Waals surface area (Å²) in [7, 11) is 0. The highest BCUT2D eigenvalue weighted by Crippen LogP contribution is 2.37. The molecule has 0 spiro atoms. The van der Waals surface area contributed by atoms with Crippen molar-refractivity contribution in [3.8, 4) is 11.1 Å². The van der Waals surface area contributed by atoms with E-state index in [-0.39, 0.29) is 17.7 Å². The van der Waals surface area contributed by atoms with Crippen molar-refractivity contribution >= 4 is 23.5 Å². The van der Waals surface area contributed by atoms with Gasteiger partial charge in [-0.05, 0) is 80.5 Å². The Kier molecular flexibility index (Phi) is 6.48. The lowest BCUT2D eigenvalue weighted by atomic mass is 9.76. The maximum Gasteiger partial charge on any atom is 0.253 e. The van der Waals surface area contributed by atoms with Crippen molar-refractivity contribution in [2.75, 3.05) is 0 Å². The number of benzene rings is 1. The average Bonchev–Trinajstić information content (AvgIpc) is 3.65. The fourth-order valence-electron chi connectivity index (χ4n) is 3.84. The number of hydrogen-bond acceptors (Lipinski definition) is 5. The Labute approximate surface area is 206 Å². The van der Waals surface area contributed by atoms with E-state index in [2.05, 4.69) is 33.4 Å². The number of nitrogens with zero attached hydrogens (tertiary/aromatic N) is 3. The summed E-state index contributed by atoms with van der Waals surface area (Å²) >= 11 is 0. The van der Waals surface area contributed by atoms with Gasteiger partial charge in [-0.3, -0.25) is 14.6 Å². The van der Waals surface area contributed by atoms with E-state index in [9.17, 15) is 9.59 Å². The minimum Gasteiger partial charge on any atom is -0.349 e. The summed E-state index contributed by atoms with van der Waals surface area (Å²) in [4.78, 5) is 38.2. The molecule has 1 aromatic heterocycles. The van der Waals surface area contributed by atoms with Crippen LogP contribution in [0.5, 0.6) is 0 Å². The predicted octanol–water partition coefficient (Wildman–Crippen LogP) is 5.06. The smallest absolute Gasteiger partial charge is 0.253 e. The quantitative estimate of drug-likeness (QED) is 0.618. The molecule has 2 aliphatic rings. The van der Waals surface area contributed by atoms with E-state index in [1.807, 2.05) is 45.0 Å². The van der Waals surface area contributed by atoms with Gasteiger partial charge in [-0.2, -0.15) is 0 Å². The molecule has 1 aromatic carbocycles. The highest BCUT2D eigenvalue weighted by Gasteiger charge is 2.30. The predicted molar refractivity (Wildman–Crippen MR) is 140 cm³/mol. The SMILES string of the molecule is C=C1C=C(C(=C)c2cc(-c3cnc(C)nc3)ccc2C(C)(C)C(C)=O)C=NC=C1C(=O)NC1CC1. The molecule has 2 aromatic rings. The number of rotatable bonds is 7. The highest BCUT2D eigenvalue weighted by molar-refractivity contribution is 6.06. The zero-order valence-corrected chi connectivity index (χ0v) is 20.7. The van der Waals surface area contributed by atoms with Crippen LogP contribution in [-0.4, -0.2) is 33.9 Å². The van der Waals surface area contributed by atoms with Gasteiger partial charge in [0.25, 0.3) is 5.91 Å². The maximum absolute atomic E-state index is 12.6. The first-order chi connectivity index (χ1) is 16.6. The first kappa shape index (κ1) is 24.2. The number of aliphatic imine (C=N–C) groups is 1. The van der Waals surface area contributed by atoms with Gasteiger partial charge in [0.05, 0.1) is 5.57 Å². The second-order valence-corrected chi connectivity index (χ2v) is 9.63. The summed E-state index contributed by atoms with van der Waals surface area (Å²) in [6, 6.07) is 6.19. The molecule has 6 heteroatoms. The van der Waals surface area contributed by atoms with Gasteiger partial charge in [-0.1, -0.05) is 25.3 Å². The monoisotopic (exact) mass is 466 g/mol. The van der Waals surface area contributed by atoms with Crippen molar-refractivity contribution in [2.45, 2.75) is 52.0 Å². The van der Waals surface area contributed by atoms with Crippen molar-refractivity contribution in [2.24, 2.45) is 4.99 Å². The molecule has 0 unspecified atom stereocenters. The molecule has 0 saturated heterocycles. The average molecular weight is 467 g/mol. The number of ketones is 1. The number of amides is 1. The summed E-state index contributed by atoms with van der Waals surface area (Å²) in [5.74, 6) is 0.573. The third-order valence-corrected chi connectivity index (χ3v) is 6.61. The molecular weight excluding hydrogens is 436 g/mol. The third kappa shape index (κ3) is 5.11. The van der Waals surface area contributed by atoms with Crippen molar-refractivity contribution in [1.82, 2.24) is 15.3 Å². The van der Waals surface area contributed by atoms with Crippen LogP contribution in [0, 0.1) is 6.92 Å². The largest absolute Gasteiger partial charge is 0.349 e. The lowest BCUT2D eigenvalue weighted by Gasteiger charge is -2.26. The topological polar surface area (TPSA) is 84.3 Å². The van der Waals surface area contributed by atoms with Crippen LogP contribution in [0.3, 0.4) is 0 Å². The van der Waals surface area contributed by atoms with Gasteiger partial charge in [0.1, 0.15) is 11.6 Å². The van der Waals surface area contributed by atoms with E-state index < -0.39 is 5.41 Å². The Balaban J connectivity index is 1.75. The van der Waals surface area contributed by atoms with Gasteiger partial charge in [0, 0.05) is 47.4 Å². The van der Waals surface area contributed by atoms with E-state index in [1.165, 1.54) is 6.20 Å². The van der Waals surface area contributed by atoms with Crippen molar-refractivity contribution in [1.29, 1.82) is 0 Å². The lowest BCUT2D eigenvalue weighted by Crippen LogP contribution is -2.28. The number of hydrogen-bond donors (Lipinski definition) is 1. The maximum atomic E-state index is 12.6. The zero-order valence-electron chi connectivity index (χ0n) is 20.7. The van der Waals surface area contributed by atoms with Gasteiger partial charge >= 0.3 is 0 Å². The van der Waals surface area contributed by atoms with Gasteiger partial charge < -0.3 is 5.32 Å². The molecule has 35 heavy (non-hydrogen) atoms. The molecule has 1 fully saturated rings. The number of aromatic nitrogens is 2. The summed E-state index contributed by atoms with van der Waals surface area (Å²) in [6.07, 6.45) is 10.6. The molecule has 4 rings (SSSR count). The first-order valence-corrected chi connectivity index (χ1v) is 11.7. The molecule has 1 saturated carbocycles. The van der Waals surface area contributed by atoms with E-state index in [0.29, 0.717) is 22.5 Å². The van der Waals surface area contributed by atoms with Crippen LogP contribution in [0.15, 0.2) is 77.7 Å². The fourth-order valence-corrected chi connectivity index (χ4v) is 3.84. The number of carbonyl (C=O) groups is 2. The molecule has 0 bridgehead atoms. The Morgan fingerprint density at radius 2 is 1.80 bits per heavy atom. The molecule has 1 aliphatic heterocycles. The molecule has 178 valence electrons. The number of carbonyl (C=O) groups excluding carboxylic acids is 2. The number of allylic oxidation sites excluding steroid dienone is 3. The van der Waals surface area contributed by atoms with E-state index in [0.717, 1.165) is 40.7 Å². The zero-order chi connectivity index (χ0) is 25.3. The van der Waals surface area contributed by atoms with Crippen LogP contribution < -0.4 is 5.32 Å². The van der Waals surface area contributed by atoms with Crippen LogP contribution >= 0.6 is 0 Å². The van der Waals surface area contributed by atoms with Gasteiger partial charge in [-0.15, -0.1) is 0 Å². The minimum absolute atomic E-state index is 0.0478.